The molecule has 5 aliphatic rings. The lowest BCUT2D eigenvalue weighted by Crippen LogP contribution is -2.41. The van der Waals surface area contributed by atoms with Gasteiger partial charge >= 0.3 is 7.12 Å². The molecule has 57 heavy (non-hydrogen) atoms. The standard InChI is InChI=1S/C18H23N3OS.C15H20BrNOS.C10H17BN2O2/c1-17(2)5-14-6-18(3,10-17)11-21(14)16(22)12-4-15(23-9-12)13-7-19-20-8-13;1-14(2)5-11-6-15(3,8-14)9-17(11)13(18)10-4-12(16)19-7-10;1-9(2)10(3,4)15-11(14-9)8-6-12-13(5)7-8/h4,7-9,14H,5-6,10-11H2,1-3H3,(H,19,20);4,7,11H,5-6,8-9H2,1-3H3;6-7H,1-5H3. The zero-order chi connectivity index (χ0) is 41.3. The van der Waals surface area contributed by atoms with E-state index in [1.165, 1.54) is 19.3 Å². The lowest BCUT2D eigenvalue weighted by atomic mass is 9.65. The molecule has 3 saturated heterocycles. The molecule has 4 aromatic heterocycles. The molecule has 4 aromatic rings. The van der Waals surface area contributed by atoms with Crippen molar-refractivity contribution >= 4 is 63.0 Å². The van der Waals surface area contributed by atoms with Crippen LogP contribution < -0.4 is 5.46 Å². The van der Waals surface area contributed by atoms with Crippen molar-refractivity contribution in [2.75, 3.05) is 13.1 Å². The average molecular weight is 880 g/mol. The fourth-order valence-corrected chi connectivity index (χ4v) is 12.7. The van der Waals surface area contributed by atoms with Crippen molar-refractivity contribution in [3.8, 4) is 10.4 Å². The zero-order valence-electron chi connectivity index (χ0n) is 35.6. The van der Waals surface area contributed by atoms with Crippen LogP contribution in [-0.4, -0.2) is 85.1 Å². The Labute approximate surface area is 355 Å². The number of hydrogen-bond acceptors (Lipinski definition) is 8. The molecule has 4 unspecified atom stereocenters. The SMILES string of the molecule is CC1(C)CC2CC(C)(CN2C(=O)c2csc(-c3cn[nH]c3)c2)C1.CC1(C)CC2CC(C)(CN2C(=O)c2csc(Br)c2)C1.Cn1cc(B2OC(C)(C)C(C)(C)O2)cn1. The van der Waals surface area contributed by atoms with E-state index in [0.717, 1.165) is 63.2 Å². The first kappa shape index (κ1) is 42.4. The zero-order valence-corrected chi connectivity index (χ0v) is 38.8. The molecule has 1 N–H and O–H groups in total. The summed E-state index contributed by atoms with van der Waals surface area (Å²) in [5, 5.41) is 14.9. The maximum absolute atomic E-state index is 13.0. The van der Waals surface area contributed by atoms with Gasteiger partial charge in [0, 0.05) is 77.5 Å². The Morgan fingerprint density at radius 2 is 1.32 bits per heavy atom. The number of hydrogen-bond donors (Lipinski definition) is 1. The van der Waals surface area contributed by atoms with Crippen LogP contribution in [-0.2, 0) is 16.4 Å². The Balaban J connectivity index is 0.000000134. The predicted octanol–water partition coefficient (Wildman–Crippen LogP) is 9.45. The Morgan fingerprint density at radius 3 is 1.77 bits per heavy atom. The van der Waals surface area contributed by atoms with Crippen LogP contribution in [0.4, 0.5) is 0 Å². The summed E-state index contributed by atoms with van der Waals surface area (Å²) in [6.07, 6.45) is 14.4. The molecule has 0 aromatic carbocycles. The number of H-pyrrole nitrogens is 1. The van der Waals surface area contributed by atoms with Crippen LogP contribution in [0.5, 0.6) is 0 Å². The number of likely N-dealkylation sites (tertiary alicyclic amines) is 2. The van der Waals surface area contributed by atoms with Crippen LogP contribution in [0, 0.1) is 21.7 Å². The molecule has 4 atom stereocenters. The normalized spacial score (nSPS) is 28.7. The van der Waals surface area contributed by atoms with Crippen molar-refractivity contribution in [2.24, 2.45) is 28.7 Å². The number of carbonyl (C=O) groups excluding carboxylic acids is 2. The van der Waals surface area contributed by atoms with Gasteiger partial charge in [-0.15, -0.1) is 22.7 Å². The molecule has 308 valence electrons. The van der Waals surface area contributed by atoms with Crippen molar-refractivity contribution in [2.45, 2.75) is 131 Å². The van der Waals surface area contributed by atoms with Crippen molar-refractivity contribution in [3.05, 3.63) is 62.6 Å². The van der Waals surface area contributed by atoms with Gasteiger partial charge in [-0.1, -0.05) is 41.5 Å². The first-order chi connectivity index (χ1) is 26.5. The summed E-state index contributed by atoms with van der Waals surface area (Å²) < 4.78 is 14.6. The minimum atomic E-state index is -0.302. The Morgan fingerprint density at radius 1 is 0.789 bits per heavy atom. The molecule has 7 heterocycles. The molecule has 2 aliphatic carbocycles. The second-order valence-corrected chi connectivity index (χ2v) is 23.9. The molecule has 14 heteroatoms. The minimum Gasteiger partial charge on any atom is -0.399 e. The largest absolute Gasteiger partial charge is 0.498 e. The van der Waals surface area contributed by atoms with Crippen molar-refractivity contribution < 1.29 is 18.9 Å². The highest BCUT2D eigenvalue weighted by Crippen LogP contribution is 2.54. The van der Waals surface area contributed by atoms with Gasteiger partial charge < -0.3 is 19.1 Å². The summed E-state index contributed by atoms with van der Waals surface area (Å²) in [6, 6.07) is 4.78. The van der Waals surface area contributed by atoms with Gasteiger partial charge in [0.15, 0.2) is 0 Å². The van der Waals surface area contributed by atoms with Crippen molar-refractivity contribution in [1.29, 1.82) is 0 Å². The smallest absolute Gasteiger partial charge is 0.399 e. The van der Waals surface area contributed by atoms with Gasteiger partial charge in [0.1, 0.15) is 0 Å². The van der Waals surface area contributed by atoms with Crippen LogP contribution in [0.25, 0.3) is 10.4 Å². The van der Waals surface area contributed by atoms with E-state index in [9.17, 15) is 9.59 Å². The molecule has 5 fully saturated rings. The third kappa shape index (κ3) is 9.05. The van der Waals surface area contributed by atoms with Crippen LogP contribution in [0.15, 0.2) is 51.5 Å². The lowest BCUT2D eigenvalue weighted by molar-refractivity contribution is 0.00578. The van der Waals surface area contributed by atoms with Gasteiger partial charge in [-0.25, -0.2) is 0 Å². The maximum atomic E-state index is 13.0. The molecule has 4 bridgehead atoms. The molecule has 0 spiro atoms. The highest BCUT2D eigenvalue weighted by Gasteiger charge is 2.53. The topological polar surface area (TPSA) is 106 Å². The molecule has 2 amide bonds. The van der Waals surface area contributed by atoms with Crippen LogP contribution >= 0.6 is 38.6 Å². The quantitative estimate of drug-likeness (QED) is 0.205. The first-order valence-electron chi connectivity index (χ1n) is 20.2. The average Bonchev–Trinajstić information content (AvgIpc) is 3.93. The number of nitrogens with zero attached hydrogens (tertiary/aromatic N) is 5. The number of thiophene rings is 2. The number of rotatable bonds is 4. The molecule has 2 saturated carbocycles. The number of aryl methyl sites for hydroxylation is 1. The predicted molar refractivity (Wildman–Crippen MR) is 234 cm³/mol. The Hall–Kier alpha value is -2.78. The summed E-state index contributed by atoms with van der Waals surface area (Å²) in [6.45, 7) is 24.1. The lowest BCUT2D eigenvalue weighted by Gasteiger charge is -2.39. The number of nitrogens with one attached hydrogen (secondary N) is 1. The number of halogens is 1. The minimum absolute atomic E-state index is 0.197. The van der Waals surface area contributed by atoms with E-state index in [2.05, 4.69) is 82.6 Å². The van der Waals surface area contributed by atoms with E-state index in [-0.39, 0.29) is 35.5 Å². The molecular weight excluding hydrogens is 819 g/mol. The van der Waals surface area contributed by atoms with Gasteiger partial charge in [-0.05, 0) is 116 Å². The van der Waals surface area contributed by atoms with E-state index in [1.54, 1.807) is 39.7 Å². The van der Waals surface area contributed by atoms with Gasteiger partial charge in [-0.3, -0.25) is 19.4 Å². The molecule has 0 radical (unpaired) electrons. The van der Waals surface area contributed by atoms with E-state index < -0.39 is 0 Å². The number of aromatic nitrogens is 4. The van der Waals surface area contributed by atoms with E-state index in [1.807, 2.05) is 70.0 Å². The van der Waals surface area contributed by atoms with E-state index in [4.69, 9.17) is 9.31 Å². The highest BCUT2D eigenvalue weighted by molar-refractivity contribution is 9.11. The monoisotopic (exact) mass is 878 g/mol. The van der Waals surface area contributed by atoms with Crippen LogP contribution in [0.1, 0.15) is 128 Å². The van der Waals surface area contributed by atoms with Gasteiger partial charge in [0.2, 0.25) is 0 Å². The summed E-state index contributed by atoms with van der Waals surface area (Å²) in [5.74, 6) is 0.413. The highest BCUT2D eigenvalue weighted by atomic mass is 79.9. The van der Waals surface area contributed by atoms with Gasteiger partial charge in [-0.2, -0.15) is 10.2 Å². The van der Waals surface area contributed by atoms with Gasteiger partial charge in [0.25, 0.3) is 11.8 Å². The van der Waals surface area contributed by atoms with Crippen LogP contribution in [0.3, 0.4) is 0 Å². The first-order valence-corrected chi connectivity index (χ1v) is 22.8. The molecule has 10 nitrogen and oxygen atoms in total. The third-order valence-corrected chi connectivity index (χ3v) is 15.5. The molecule has 9 rings (SSSR count). The second kappa shape index (κ2) is 15.0. The number of carbonyl (C=O) groups is 2. The molecular formula is C43H60BBrN6O4S2. The summed E-state index contributed by atoms with van der Waals surface area (Å²) >= 11 is 6.64. The van der Waals surface area contributed by atoms with Crippen LogP contribution in [0.2, 0.25) is 0 Å². The Kier molecular flexibility index (Phi) is 11.2. The summed E-state index contributed by atoms with van der Waals surface area (Å²) in [5.41, 5.74) is 4.40. The summed E-state index contributed by atoms with van der Waals surface area (Å²) in [7, 11) is 1.58. The fourth-order valence-electron chi connectivity index (χ4n) is 10.7. The van der Waals surface area contributed by atoms with Gasteiger partial charge in [0.05, 0.1) is 32.3 Å². The number of fused-ring (bicyclic) bond motifs is 4. The van der Waals surface area contributed by atoms with Crippen molar-refractivity contribution in [3.63, 3.8) is 0 Å². The second-order valence-electron chi connectivity index (χ2n) is 20.7. The number of amides is 2. The third-order valence-electron chi connectivity index (χ3n) is 13.0. The van der Waals surface area contributed by atoms with Crippen molar-refractivity contribution in [1.82, 2.24) is 29.8 Å². The fraction of sp³-hybridized carbons (Fsp3) is 0.628. The van der Waals surface area contributed by atoms with E-state index in [0.29, 0.717) is 28.3 Å². The maximum Gasteiger partial charge on any atom is 0.498 e. The Bertz CT molecular complexity index is 2070. The van der Waals surface area contributed by atoms with E-state index >= 15 is 0 Å². The summed E-state index contributed by atoms with van der Waals surface area (Å²) in [4.78, 5) is 31.1. The number of aromatic amines is 1. The molecule has 3 aliphatic heterocycles.